The Balaban J connectivity index is 1.37. The average Bonchev–Trinajstić information content (AvgIpc) is 3.09. The first-order valence-electron chi connectivity index (χ1n) is 18.3. The minimum absolute atomic E-state index is 0.0829. The number of carbonyl (C=O) groups is 4. The highest BCUT2D eigenvalue weighted by atomic mass is 16.6. The first kappa shape index (κ1) is 37.8. The molecule has 51 heavy (non-hydrogen) atoms. The van der Waals surface area contributed by atoms with E-state index in [9.17, 15) is 24.3 Å². The Morgan fingerprint density at radius 3 is 2.12 bits per heavy atom. The van der Waals surface area contributed by atoms with E-state index < -0.39 is 29.1 Å². The van der Waals surface area contributed by atoms with Crippen molar-refractivity contribution in [2.24, 2.45) is 16.7 Å². The highest BCUT2D eigenvalue weighted by molar-refractivity contribution is 5.91. The summed E-state index contributed by atoms with van der Waals surface area (Å²) in [5.41, 5.74) is 2.63. The van der Waals surface area contributed by atoms with Crippen LogP contribution in [0.1, 0.15) is 103 Å². The number of ether oxygens (including phenoxy) is 1. The summed E-state index contributed by atoms with van der Waals surface area (Å²) in [6.45, 7) is 17.9. The topological polar surface area (TPSA) is 116 Å². The summed E-state index contributed by atoms with van der Waals surface area (Å²) in [4.78, 5) is 56.9. The molecule has 1 fully saturated rings. The zero-order chi connectivity index (χ0) is 37.4. The van der Waals surface area contributed by atoms with Gasteiger partial charge in [0.15, 0.2) is 0 Å². The highest BCUT2D eigenvalue weighted by Crippen LogP contribution is 2.55. The second kappa shape index (κ2) is 14.3. The van der Waals surface area contributed by atoms with Crippen molar-refractivity contribution in [1.29, 1.82) is 0 Å². The van der Waals surface area contributed by atoms with Crippen LogP contribution in [0.2, 0.25) is 0 Å². The Bertz CT molecular complexity index is 1700. The number of carbonyl (C=O) groups excluding carboxylic acids is 3. The number of carboxylic acid groups (broad SMARTS) is 1. The molecule has 9 heteroatoms. The number of hydrogen-bond acceptors (Lipinski definition) is 5. The number of piperidine rings is 1. The molecule has 3 atom stereocenters. The third kappa shape index (κ3) is 7.63. The zero-order valence-corrected chi connectivity index (χ0v) is 31.5. The number of aromatic carboxylic acids is 1. The molecule has 0 aromatic heterocycles. The number of benzene rings is 2. The number of fused-ring (bicyclic) bond motifs is 1. The van der Waals surface area contributed by atoms with Gasteiger partial charge < -0.3 is 25.0 Å². The molecule has 0 unspecified atom stereocenters. The standard InChI is InChI=1S/C42H55N3O6/c1-9-28(2)34(43-38(50)51-39(3,4)5)35(46)44-25-22-42(23-26-44,31-13-11-10-12-14-31)37(49)45-24-20-33-40(6,7)32(19-21-41(33,8)27-45)29-15-17-30(18-16-29)36(47)48/h10-20,28,34H,9,21-27H2,1-8H3,(H,43,50)(H,47,48)/t28-,34-,41+/m0/s1. The van der Waals surface area contributed by atoms with Gasteiger partial charge in [-0.15, -0.1) is 0 Å². The summed E-state index contributed by atoms with van der Waals surface area (Å²) in [7, 11) is 0. The van der Waals surface area contributed by atoms with Gasteiger partial charge in [-0.1, -0.05) is 101 Å². The fourth-order valence-corrected chi connectivity index (χ4v) is 8.47. The molecular weight excluding hydrogens is 642 g/mol. The number of rotatable bonds is 8. The van der Waals surface area contributed by atoms with E-state index in [1.807, 2.05) is 61.2 Å². The van der Waals surface area contributed by atoms with Gasteiger partial charge in [0.05, 0.1) is 11.0 Å². The van der Waals surface area contributed by atoms with Crippen LogP contribution in [-0.2, 0) is 19.7 Å². The summed E-state index contributed by atoms with van der Waals surface area (Å²) in [5, 5.41) is 12.2. The smallest absolute Gasteiger partial charge is 0.408 e. The molecule has 2 aromatic carbocycles. The number of allylic oxidation sites excluding steroid dienone is 2. The molecule has 1 saturated heterocycles. The van der Waals surface area contributed by atoms with Crippen LogP contribution >= 0.6 is 0 Å². The van der Waals surface area contributed by atoms with E-state index in [2.05, 4.69) is 38.2 Å². The third-order valence-corrected chi connectivity index (χ3v) is 11.4. The van der Waals surface area contributed by atoms with Crippen molar-refractivity contribution < 1.29 is 29.0 Å². The summed E-state index contributed by atoms with van der Waals surface area (Å²) in [6, 6.07) is 16.3. The second-order valence-corrected chi connectivity index (χ2v) is 16.5. The molecule has 2 heterocycles. The summed E-state index contributed by atoms with van der Waals surface area (Å²) in [6.07, 6.45) is 6.31. The lowest BCUT2D eigenvalue weighted by atomic mass is 9.58. The highest BCUT2D eigenvalue weighted by Gasteiger charge is 2.51. The van der Waals surface area contributed by atoms with Gasteiger partial charge in [0.25, 0.3) is 0 Å². The van der Waals surface area contributed by atoms with Crippen molar-refractivity contribution in [1.82, 2.24) is 15.1 Å². The van der Waals surface area contributed by atoms with Crippen LogP contribution < -0.4 is 5.32 Å². The predicted octanol–water partition coefficient (Wildman–Crippen LogP) is 7.47. The summed E-state index contributed by atoms with van der Waals surface area (Å²) in [5.74, 6) is -1.10. The molecule has 2 aliphatic heterocycles. The number of alkyl carbamates (subject to hydrolysis) is 1. The minimum atomic E-state index is -0.943. The van der Waals surface area contributed by atoms with Crippen molar-refractivity contribution in [3.05, 3.63) is 89.0 Å². The van der Waals surface area contributed by atoms with Crippen LogP contribution in [0.4, 0.5) is 4.79 Å². The first-order valence-corrected chi connectivity index (χ1v) is 18.3. The number of likely N-dealkylation sites (tertiary alicyclic amines) is 1. The maximum absolute atomic E-state index is 14.9. The zero-order valence-electron chi connectivity index (χ0n) is 31.5. The van der Waals surface area contributed by atoms with E-state index >= 15 is 0 Å². The largest absolute Gasteiger partial charge is 0.478 e. The number of nitrogens with one attached hydrogen (secondary N) is 1. The molecule has 3 amide bonds. The molecule has 9 nitrogen and oxygen atoms in total. The first-order chi connectivity index (χ1) is 23.9. The average molecular weight is 698 g/mol. The molecule has 0 bridgehead atoms. The van der Waals surface area contributed by atoms with Crippen molar-refractivity contribution in [3.63, 3.8) is 0 Å². The van der Waals surface area contributed by atoms with Crippen molar-refractivity contribution in [2.45, 2.75) is 98.1 Å². The molecule has 0 spiro atoms. The Kier molecular flexibility index (Phi) is 10.6. The Labute approximate surface area is 303 Å². The number of amides is 3. The lowest BCUT2D eigenvalue weighted by Crippen LogP contribution is -2.59. The maximum atomic E-state index is 14.9. The van der Waals surface area contributed by atoms with Crippen molar-refractivity contribution >= 4 is 29.5 Å². The van der Waals surface area contributed by atoms with E-state index in [1.165, 1.54) is 5.57 Å². The lowest BCUT2D eigenvalue weighted by Gasteiger charge is -2.52. The molecular formula is C42H55N3O6. The van der Waals surface area contributed by atoms with Gasteiger partial charge in [0.2, 0.25) is 11.8 Å². The van der Waals surface area contributed by atoms with E-state index in [0.717, 1.165) is 23.1 Å². The van der Waals surface area contributed by atoms with Gasteiger partial charge in [0, 0.05) is 37.0 Å². The van der Waals surface area contributed by atoms with Gasteiger partial charge in [-0.2, -0.15) is 0 Å². The molecule has 274 valence electrons. The summed E-state index contributed by atoms with van der Waals surface area (Å²) < 4.78 is 5.49. The molecule has 2 aromatic rings. The van der Waals surface area contributed by atoms with Gasteiger partial charge in [0.1, 0.15) is 11.6 Å². The molecule has 2 N–H and O–H groups in total. The fourth-order valence-electron chi connectivity index (χ4n) is 8.47. The Morgan fingerprint density at radius 2 is 1.55 bits per heavy atom. The SMILES string of the molecule is CC[C@H](C)[C@H](NC(=O)OC(C)(C)C)C(=O)N1CCC(C(=O)N2CC=C3C(C)(C)C(c4ccc(C(=O)O)cc4)=CC[C@]3(C)C2)(c2ccccc2)CC1. The Morgan fingerprint density at radius 1 is 0.922 bits per heavy atom. The van der Waals surface area contributed by atoms with Gasteiger partial charge in [-0.25, -0.2) is 9.59 Å². The van der Waals surface area contributed by atoms with Crippen molar-refractivity contribution in [2.75, 3.05) is 26.2 Å². The molecule has 5 rings (SSSR count). The van der Waals surface area contributed by atoms with Crippen LogP contribution in [0.5, 0.6) is 0 Å². The van der Waals surface area contributed by atoms with E-state index in [4.69, 9.17) is 4.74 Å². The van der Waals surface area contributed by atoms with Crippen LogP contribution in [-0.4, -0.2) is 76.6 Å². The van der Waals surface area contributed by atoms with Crippen LogP contribution in [0.15, 0.2) is 72.3 Å². The quantitative estimate of drug-likeness (QED) is 0.277. The van der Waals surface area contributed by atoms with Crippen LogP contribution in [0, 0.1) is 16.7 Å². The number of carboxylic acids is 1. The Hall–Kier alpha value is -4.40. The van der Waals surface area contributed by atoms with Crippen LogP contribution in [0.3, 0.4) is 0 Å². The molecule has 0 saturated carbocycles. The van der Waals surface area contributed by atoms with Crippen LogP contribution in [0.25, 0.3) is 5.57 Å². The monoisotopic (exact) mass is 697 g/mol. The van der Waals surface area contributed by atoms with Gasteiger partial charge >= 0.3 is 12.1 Å². The summed E-state index contributed by atoms with van der Waals surface area (Å²) >= 11 is 0. The lowest BCUT2D eigenvalue weighted by molar-refractivity contribution is -0.145. The second-order valence-electron chi connectivity index (χ2n) is 16.5. The van der Waals surface area contributed by atoms with Gasteiger partial charge in [-0.05, 0) is 74.8 Å². The molecule has 3 aliphatic rings. The number of hydrogen-bond donors (Lipinski definition) is 2. The van der Waals surface area contributed by atoms with Gasteiger partial charge in [-0.3, -0.25) is 9.59 Å². The minimum Gasteiger partial charge on any atom is -0.478 e. The number of nitrogens with zero attached hydrogens (tertiary/aromatic N) is 2. The van der Waals surface area contributed by atoms with E-state index in [0.29, 0.717) is 45.4 Å². The molecule has 1 aliphatic carbocycles. The van der Waals surface area contributed by atoms with Crippen molar-refractivity contribution in [3.8, 4) is 0 Å². The van der Waals surface area contributed by atoms with E-state index in [1.54, 1.807) is 37.8 Å². The predicted molar refractivity (Wildman–Crippen MR) is 199 cm³/mol. The normalized spacial score (nSPS) is 22.4. The molecule has 0 radical (unpaired) electrons. The maximum Gasteiger partial charge on any atom is 0.408 e. The van der Waals surface area contributed by atoms with E-state index in [-0.39, 0.29) is 34.1 Å². The third-order valence-electron chi connectivity index (χ3n) is 11.4. The fraction of sp³-hybridized carbons (Fsp3) is 0.524.